The quantitative estimate of drug-likeness (QED) is 0.644. The van der Waals surface area contributed by atoms with E-state index in [9.17, 15) is 14.4 Å². The molecule has 4 rings (SSSR count). The molecule has 0 spiro atoms. The molecule has 1 aliphatic heterocycles. The van der Waals surface area contributed by atoms with Gasteiger partial charge in [-0.15, -0.1) is 11.3 Å². The molecule has 0 radical (unpaired) electrons. The first-order valence-electron chi connectivity index (χ1n) is 9.29. The summed E-state index contributed by atoms with van der Waals surface area (Å²) in [7, 11) is 0. The lowest BCUT2D eigenvalue weighted by atomic mass is 10.0. The topological polar surface area (TPSA) is 92.5 Å². The van der Waals surface area contributed by atoms with Crippen LogP contribution in [0.2, 0.25) is 5.02 Å². The molecule has 30 heavy (non-hydrogen) atoms. The fourth-order valence-electron chi connectivity index (χ4n) is 3.47. The van der Waals surface area contributed by atoms with Crippen LogP contribution >= 0.6 is 22.9 Å². The molecule has 0 fully saturated rings. The Hall–Kier alpha value is -3.16. The van der Waals surface area contributed by atoms with Crippen molar-refractivity contribution < 1.29 is 14.4 Å². The van der Waals surface area contributed by atoms with Crippen molar-refractivity contribution in [3.8, 4) is 0 Å². The average Bonchev–Trinajstić information content (AvgIpc) is 3.11. The summed E-state index contributed by atoms with van der Waals surface area (Å²) in [4.78, 5) is 40.1. The Morgan fingerprint density at radius 1 is 1.00 bits per heavy atom. The van der Waals surface area contributed by atoms with Crippen LogP contribution in [0.1, 0.15) is 41.5 Å². The van der Waals surface area contributed by atoms with E-state index in [1.165, 1.54) is 11.3 Å². The number of anilines is 1. The predicted molar refractivity (Wildman–Crippen MR) is 117 cm³/mol. The normalized spacial score (nSPS) is 12.9. The molecule has 0 atom stereocenters. The van der Waals surface area contributed by atoms with E-state index in [4.69, 9.17) is 17.3 Å². The van der Waals surface area contributed by atoms with Crippen molar-refractivity contribution in [2.45, 2.75) is 13.0 Å². The SMILES string of the molecule is NC(=O)c1c(NC(=O)c2ccc(Cl)cc2)sc2c1CCN(C(=O)c1ccccc1)C2. The van der Waals surface area contributed by atoms with Gasteiger partial charge >= 0.3 is 0 Å². The van der Waals surface area contributed by atoms with Gasteiger partial charge < -0.3 is 16.0 Å². The Morgan fingerprint density at radius 3 is 2.37 bits per heavy atom. The molecular weight excluding hydrogens is 422 g/mol. The maximum absolute atomic E-state index is 12.8. The Kier molecular flexibility index (Phi) is 5.57. The van der Waals surface area contributed by atoms with Gasteiger partial charge in [-0.3, -0.25) is 14.4 Å². The molecule has 2 heterocycles. The minimum absolute atomic E-state index is 0.0676. The summed E-state index contributed by atoms with van der Waals surface area (Å²) in [6.45, 7) is 0.840. The van der Waals surface area contributed by atoms with Crippen molar-refractivity contribution in [1.82, 2.24) is 4.90 Å². The Morgan fingerprint density at radius 2 is 1.70 bits per heavy atom. The summed E-state index contributed by atoms with van der Waals surface area (Å²) in [6, 6.07) is 15.5. The predicted octanol–water partition coefficient (Wildman–Crippen LogP) is 3.95. The van der Waals surface area contributed by atoms with Gasteiger partial charge in [0.1, 0.15) is 5.00 Å². The molecule has 8 heteroatoms. The largest absolute Gasteiger partial charge is 0.365 e. The molecule has 2 aromatic carbocycles. The fraction of sp³-hybridized carbons (Fsp3) is 0.136. The lowest BCUT2D eigenvalue weighted by molar-refractivity contribution is 0.0737. The van der Waals surface area contributed by atoms with E-state index in [0.29, 0.717) is 46.2 Å². The zero-order chi connectivity index (χ0) is 21.3. The van der Waals surface area contributed by atoms with Crippen molar-refractivity contribution in [2.24, 2.45) is 5.73 Å². The molecule has 0 aliphatic carbocycles. The van der Waals surface area contributed by atoms with Crippen LogP contribution in [0.15, 0.2) is 54.6 Å². The van der Waals surface area contributed by atoms with Crippen LogP contribution in [0.4, 0.5) is 5.00 Å². The molecule has 3 amide bonds. The first kappa shape index (κ1) is 20.1. The van der Waals surface area contributed by atoms with Crippen LogP contribution < -0.4 is 11.1 Å². The molecule has 0 saturated carbocycles. The van der Waals surface area contributed by atoms with Gasteiger partial charge in [0.2, 0.25) is 0 Å². The molecule has 152 valence electrons. The summed E-state index contributed by atoms with van der Waals surface area (Å²) >= 11 is 7.15. The lowest BCUT2D eigenvalue weighted by Gasteiger charge is -2.27. The highest BCUT2D eigenvalue weighted by Crippen LogP contribution is 2.37. The van der Waals surface area contributed by atoms with Gasteiger partial charge in [0.15, 0.2) is 0 Å². The summed E-state index contributed by atoms with van der Waals surface area (Å²) in [5.41, 5.74) is 7.78. The zero-order valence-electron chi connectivity index (χ0n) is 15.9. The number of fused-ring (bicyclic) bond motifs is 1. The number of carbonyl (C=O) groups is 3. The number of nitrogens with zero attached hydrogens (tertiary/aromatic N) is 1. The number of rotatable bonds is 4. The zero-order valence-corrected chi connectivity index (χ0v) is 17.4. The second kappa shape index (κ2) is 8.30. The standard InChI is InChI=1S/C22H18ClN3O3S/c23-15-8-6-13(7-9-15)20(28)25-21-18(19(24)27)16-10-11-26(12-17(16)30-21)22(29)14-4-2-1-3-5-14/h1-9H,10-12H2,(H2,24,27)(H,25,28). The number of primary amides is 1. The van der Waals surface area contributed by atoms with Gasteiger partial charge in [-0.2, -0.15) is 0 Å². The number of thiophene rings is 1. The number of amides is 3. The molecule has 6 nitrogen and oxygen atoms in total. The number of hydrogen-bond donors (Lipinski definition) is 2. The minimum atomic E-state index is -0.596. The summed E-state index contributed by atoms with van der Waals surface area (Å²) < 4.78 is 0. The van der Waals surface area contributed by atoms with Gasteiger partial charge in [-0.1, -0.05) is 29.8 Å². The minimum Gasteiger partial charge on any atom is -0.365 e. The van der Waals surface area contributed by atoms with E-state index in [1.807, 2.05) is 18.2 Å². The van der Waals surface area contributed by atoms with Gasteiger partial charge in [0.25, 0.3) is 17.7 Å². The van der Waals surface area contributed by atoms with Crippen molar-refractivity contribution in [3.63, 3.8) is 0 Å². The second-order valence-corrected chi connectivity index (χ2v) is 8.42. The van der Waals surface area contributed by atoms with Crippen molar-refractivity contribution in [1.29, 1.82) is 0 Å². The highest BCUT2D eigenvalue weighted by Gasteiger charge is 2.30. The number of carbonyl (C=O) groups excluding carboxylic acids is 3. The van der Waals surface area contributed by atoms with E-state index in [0.717, 1.165) is 10.4 Å². The maximum Gasteiger partial charge on any atom is 0.256 e. The highest BCUT2D eigenvalue weighted by atomic mass is 35.5. The molecule has 3 aromatic rings. The van der Waals surface area contributed by atoms with E-state index in [1.54, 1.807) is 41.3 Å². The third-order valence-corrected chi connectivity index (χ3v) is 6.33. The van der Waals surface area contributed by atoms with Crippen LogP contribution in [-0.2, 0) is 13.0 Å². The third-order valence-electron chi connectivity index (χ3n) is 4.94. The van der Waals surface area contributed by atoms with Crippen molar-refractivity contribution in [2.75, 3.05) is 11.9 Å². The number of nitrogens with two attached hydrogens (primary N) is 1. The van der Waals surface area contributed by atoms with Crippen LogP contribution in [0.5, 0.6) is 0 Å². The van der Waals surface area contributed by atoms with Crippen LogP contribution in [0.25, 0.3) is 0 Å². The average molecular weight is 440 g/mol. The molecule has 1 aliphatic rings. The van der Waals surface area contributed by atoms with Crippen molar-refractivity contribution >= 4 is 45.7 Å². The molecule has 1 aromatic heterocycles. The lowest BCUT2D eigenvalue weighted by Crippen LogP contribution is -2.35. The highest BCUT2D eigenvalue weighted by molar-refractivity contribution is 7.17. The summed E-state index contributed by atoms with van der Waals surface area (Å²) in [5.74, 6) is -1.02. The number of hydrogen-bond acceptors (Lipinski definition) is 4. The molecule has 3 N–H and O–H groups in total. The van der Waals surface area contributed by atoms with E-state index in [2.05, 4.69) is 5.32 Å². The molecule has 0 bridgehead atoms. The fourth-order valence-corrected chi connectivity index (χ4v) is 4.86. The summed E-state index contributed by atoms with van der Waals surface area (Å²) in [6.07, 6.45) is 0.499. The monoisotopic (exact) mass is 439 g/mol. The first-order valence-corrected chi connectivity index (χ1v) is 10.5. The van der Waals surface area contributed by atoms with Gasteiger partial charge in [-0.25, -0.2) is 0 Å². The Balaban J connectivity index is 1.60. The number of benzene rings is 2. The van der Waals surface area contributed by atoms with E-state index in [-0.39, 0.29) is 11.8 Å². The Bertz CT molecular complexity index is 1130. The third kappa shape index (κ3) is 3.94. The van der Waals surface area contributed by atoms with Gasteiger partial charge in [0.05, 0.1) is 12.1 Å². The number of nitrogens with one attached hydrogen (secondary N) is 1. The van der Waals surface area contributed by atoms with Crippen molar-refractivity contribution in [3.05, 3.63) is 86.8 Å². The number of halogens is 1. The molecular formula is C22H18ClN3O3S. The smallest absolute Gasteiger partial charge is 0.256 e. The van der Waals surface area contributed by atoms with Crippen LogP contribution in [0, 0.1) is 0 Å². The molecule has 0 saturated heterocycles. The summed E-state index contributed by atoms with van der Waals surface area (Å²) in [5, 5.41) is 3.72. The van der Waals surface area contributed by atoms with Crippen LogP contribution in [-0.4, -0.2) is 29.2 Å². The second-order valence-electron chi connectivity index (χ2n) is 6.88. The van der Waals surface area contributed by atoms with Gasteiger partial charge in [-0.05, 0) is 48.4 Å². The Labute approximate surface area is 182 Å². The van der Waals surface area contributed by atoms with Gasteiger partial charge in [0, 0.05) is 27.6 Å². The first-order chi connectivity index (χ1) is 14.4. The molecule has 0 unspecified atom stereocenters. The van der Waals surface area contributed by atoms with Crippen LogP contribution in [0.3, 0.4) is 0 Å². The maximum atomic E-state index is 12.8. The van der Waals surface area contributed by atoms with E-state index < -0.39 is 5.91 Å². The van der Waals surface area contributed by atoms with E-state index >= 15 is 0 Å².